The monoisotopic (exact) mass is 1530 g/mol. The van der Waals surface area contributed by atoms with Crippen LogP contribution in [0.5, 0.6) is 0 Å². The molecule has 19 aromatic carbocycles. The van der Waals surface area contributed by atoms with Crippen LogP contribution in [0.25, 0.3) is 177 Å². The molecule has 3 aromatic heterocycles. The Morgan fingerprint density at radius 3 is 0.833 bits per heavy atom. The highest BCUT2D eigenvalue weighted by atomic mass is 16.3. The summed E-state index contributed by atoms with van der Waals surface area (Å²) in [7, 11) is 0. The number of benzene rings is 19. The van der Waals surface area contributed by atoms with Gasteiger partial charge in [-0.05, 0) is 244 Å². The Kier molecular flexibility index (Phi) is 17.5. The average Bonchev–Trinajstić information content (AvgIpc) is 1.52. The molecule has 23 rings (SSSR count). The van der Waals surface area contributed by atoms with Crippen LogP contribution in [0.4, 0.5) is 34.1 Å². The molecule has 0 amide bonds. The summed E-state index contributed by atoms with van der Waals surface area (Å²) in [5.74, 6) is 0. The molecule has 120 heavy (non-hydrogen) atoms. The van der Waals surface area contributed by atoms with Gasteiger partial charge in [-0.2, -0.15) is 0 Å². The van der Waals surface area contributed by atoms with E-state index >= 15 is 0 Å². The Hall–Kier alpha value is -15.6. The Balaban J connectivity index is 0.000000144. The van der Waals surface area contributed by atoms with E-state index in [4.69, 9.17) is 13.3 Å². The Morgan fingerprint density at radius 2 is 0.425 bits per heavy atom. The predicted octanol–water partition coefficient (Wildman–Crippen LogP) is 32.8. The van der Waals surface area contributed by atoms with Crippen molar-refractivity contribution in [3.05, 3.63) is 448 Å². The van der Waals surface area contributed by atoms with Crippen molar-refractivity contribution in [3.8, 4) is 100 Å². The van der Waals surface area contributed by atoms with Gasteiger partial charge in [-0.1, -0.05) is 323 Å². The Morgan fingerprint density at radius 1 is 0.167 bits per heavy atom. The Labute approximate surface area is 696 Å². The smallest absolute Gasteiger partial charge is 0.135 e. The van der Waals surface area contributed by atoms with Crippen molar-refractivity contribution in [2.45, 2.75) is 19.3 Å². The third-order valence-corrected chi connectivity index (χ3v) is 24.4. The quantitative estimate of drug-likeness (QED) is 0.109. The van der Waals surface area contributed by atoms with Crippen molar-refractivity contribution in [2.75, 3.05) is 9.80 Å². The lowest BCUT2D eigenvalue weighted by Crippen LogP contribution is -2.16. The molecular weight excluding hydrogens is 1460 g/mol. The first-order chi connectivity index (χ1) is 59.2. The Bertz CT molecular complexity index is 7460. The van der Waals surface area contributed by atoms with Crippen molar-refractivity contribution in [2.24, 2.45) is 0 Å². The van der Waals surface area contributed by atoms with Crippen LogP contribution < -0.4 is 9.80 Å². The molecule has 1 aliphatic carbocycles. The second-order valence-corrected chi connectivity index (χ2v) is 31.8. The molecule has 0 radical (unpaired) electrons. The number of hydrogen-bond donors (Lipinski definition) is 0. The molecule has 0 atom stereocenters. The predicted molar refractivity (Wildman–Crippen MR) is 503 cm³/mol. The largest absolute Gasteiger partial charge is 0.456 e. The fourth-order valence-corrected chi connectivity index (χ4v) is 18.2. The van der Waals surface area contributed by atoms with E-state index in [1.54, 1.807) is 0 Å². The zero-order chi connectivity index (χ0) is 79.8. The number of para-hydroxylation sites is 3. The second kappa shape index (κ2) is 29.6. The lowest BCUT2D eigenvalue weighted by molar-refractivity contribution is 0.660. The van der Waals surface area contributed by atoms with Gasteiger partial charge in [-0.15, -0.1) is 0 Å². The molecule has 22 aromatic rings. The molecule has 0 saturated carbocycles. The average molecular weight is 1540 g/mol. The zero-order valence-corrected chi connectivity index (χ0v) is 66.2. The molecule has 0 fully saturated rings. The van der Waals surface area contributed by atoms with Crippen LogP contribution in [0, 0.1) is 0 Å². The van der Waals surface area contributed by atoms with E-state index in [1.807, 2.05) is 36.4 Å². The number of furan rings is 3. The van der Waals surface area contributed by atoms with Crippen molar-refractivity contribution in [3.63, 3.8) is 0 Å². The van der Waals surface area contributed by atoms with Gasteiger partial charge in [0, 0.05) is 71.6 Å². The summed E-state index contributed by atoms with van der Waals surface area (Å²) < 4.78 is 18.4. The summed E-state index contributed by atoms with van der Waals surface area (Å²) in [6.07, 6.45) is 0. The maximum Gasteiger partial charge on any atom is 0.135 e. The zero-order valence-electron chi connectivity index (χ0n) is 66.2. The normalized spacial score (nSPS) is 12.2. The van der Waals surface area contributed by atoms with Gasteiger partial charge >= 0.3 is 0 Å². The van der Waals surface area contributed by atoms with Crippen molar-refractivity contribution in [1.29, 1.82) is 0 Å². The van der Waals surface area contributed by atoms with Crippen LogP contribution in [0.2, 0.25) is 0 Å². The summed E-state index contributed by atoms with van der Waals surface area (Å²) in [6.45, 7) is 4.74. The molecule has 0 spiro atoms. The van der Waals surface area contributed by atoms with Gasteiger partial charge in [0.1, 0.15) is 33.5 Å². The third-order valence-electron chi connectivity index (χ3n) is 24.4. The first-order valence-corrected chi connectivity index (χ1v) is 41.1. The van der Waals surface area contributed by atoms with Gasteiger partial charge in [-0.25, -0.2) is 0 Å². The number of nitrogens with zero attached hydrogens (tertiary/aromatic N) is 2. The van der Waals surface area contributed by atoms with Crippen molar-refractivity contribution >= 4 is 111 Å². The summed E-state index contributed by atoms with van der Waals surface area (Å²) in [5.41, 5.74) is 36.2. The van der Waals surface area contributed by atoms with Gasteiger partial charge in [0.05, 0.1) is 5.69 Å². The first-order valence-electron chi connectivity index (χ1n) is 41.1. The lowest BCUT2D eigenvalue weighted by atomic mass is 9.81. The van der Waals surface area contributed by atoms with Gasteiger partial charge < -0.3 is 23.1 Å². The van der Waals surface area contributed by atoms with E-state index in [1.165, 1.54) is 99.8 Å². The first kappa shape index (κ1) is 71.0. The molecule has 0 saturated heterocycles. The molecule has 1 aliphatic rings. The summed E-state index contributed by atoms with van der Waals surface area (Å²) in [6, 6.07) is 157. The molecule has 0 aliphatic heterocycles. The maximum atomic E-state index is 6.15. The molecule has 0 unspecified atom stereocenters. The van der Waals surface area contributed by atoms with E-state index < -0.39 is 0 Å². The van der Waals surface area contributed by atoms with E-state index in [0.29, 0.717) is 0 Å². The number of fused-ring (bicyclic) bond motifs is 13. The third kappa shape index (κ3) is 12.8. The minimum absolute atomic E-state index is 0.207. The van der Waals surface area contributed by atoms with Gasteiger partial charge in [0.2, 0.25) is 0 Å². The molecule has 566 valence electrons. The van der Waals surface area contributed by atoms with Crippen molar-refractivity contribution in [1.82, 2.24) is 0 Å². The summed E-state index contributed by atoms with van der Waals surface area (Å²) in [4.78, 5) is 4.78. The molecule has 0 N–H and O–H groups in total. The molecule has 5 nitrogen and oxygen atoms in total. The van der Waals surface area contributed by atoms with Crippen LogP contribution in [-0.2, 0) is 5.41 Å². The molecular formula is C115H78N2O3. The highest BCUT2D eigenvalue weighted by molar-refractivity contribution is 6.10. The van der Waals surface area contributed by atoms with Crippen molar-refractivity contribution < 1.29 is 13.3 Å². The van der Waals surface area contributed by atoms with Gasteiger partial charge in [-0.3, -0.25) is 0 Å². The summed E-state index contributed by atoms with van der Waals surface area (Å²) >= 11 is 0. The van der Waals surface area contributed by atoms with E-state index in [0.717, 1.165) is 122 Å². The topological polar surface area (TPSA) is 45.9 Å². The maximum absolute atomic E-state index is 6.15. The number of hydrogen-bond acceptors (Lipinski definition) is 5. The fraction of sp³-hybridized carbons (Fsp3) is 0.0261. The highest BCUT2D eigenvalue weighted by Gasteiger charge is 2.37. The number of anilines is 6. The SMILES string of the molecule is CC1(C)c2cc(-c3ccc4oc5ccccc5c4c3)ccc2-c2ccc(N(c3ccc(-c4ccccc4)cc3)c3ccc(-c4ccc(-c5ccccc5)cc4)cc3)cc21.c1ccc(-c2ccc(-c3ccc(N(c4ccc(-c5ccc6oc7ccccc7c6c5)cc4)c4ccc(-c5ccc6oc7ccccc7c6c5)cc4)c4ccccc34)cc2)cc1. The van der Waals surface area contributed by atoms with E-state index in [2.05, 4.69) is 424 Å². The van der Waals surface area contributed by atoms with Crippen LogP contribution in [0.1, 0.15) is 25.0 Å². The van der Waals surface area contributed by atoms with E-state index in [-0.39, 0.29) is 5.41 Å². The van der Waals surface area contributed by atoms with Crippen LogP contribution in [0.3, 0.4) is 0 Å². The second-order valence-electron chi connectivity index (χ2n) is 31.8. The van der Waals surface area contributed by atoms with Crippen LogP contribution in [0.15, 0.2) is 450 Å². The lowest BCUT2D eigenvalue weighted by Gasteiger charge is -2.28. The van der Waals surface area contributed by atoms with Gasteiger partial charge in [0.25, 0.3) is 0 Å². The summed E-state index contributed by atoms with van der Waals surface area (Å²) in [5, 5.41) is 9.19. The molecule has 0 bridgehead atoms. The molecule has 5 heteroatoms. The minimum atomic E-state index is -0.207. The standard InChI is InChI=1S/C58H37NO2.C57H41NO/c1-2-10-38(11-3-1)39-18-20-42(21-19-39)47-32-33-54(49-13-5-4-12-48(47)49)59(45-28-22-40(23-29-45)43-26-34-57-52(36-43)50-14-6-8-16-55(50)60-57)46-30-24-41(25-31-46)44-27-35-58-53(37-44)51-15-7-9-17-56(51)61-58;1-57(2)53-36-45(44-26-34-56-52(35-44)51-15-9-10-16-55(51)59-56)25-32-49(53)50-33-31-48(37-54(50)57)58(46-27-21-42(22-28-46)39-13-7-4-8-14-39)47-29-23-43(24-30-47)41-19-17-40(18-20-41)38-11-5-3-6-12-38/h1-37H;3-37H,1-2H3. The van der Waals surface area contributed by atoms with Crippen LogP contribution in [-0.4, -0.2) is 0 Å². The minimum Gasteiger partial charge on any atom is -0.456 e. The number of rotatable bonds is 14. The van der Waals surface area contributed by atoms with Gasteiger partial charge in [0.15, 0.2) is 0 Å². The fourth-order valence-electron chi connectivity index (χ4n) is 18.2. The highest BCUT2D eigenvalue weighted by Crippen LogP contribution is 2.53. The van der Waals surface area contributed by atoms with E-state index in [9.17, 15) is 0 Å². The molecule has 3 heterocycles. The van der Waals surface area contributed by atoms with Crippen LogP contribution >= 0.6 is 0 Å².